The molecule has 2 N–H and O–H groups in total. The largest absolute Gasteiger partial charge is 0.463 e. The zero-order valence-electron chi connectivity index (χ0n) is 11.9. The van der Waals surface area contributed by atoms with E-state index in [0.29, 0.717) is 22.7 Å². The van der Waals surface area contributed by atoms with Crippen LogP contribution in [0.5, 0.6) is 5.75 Å². The van der Waals surface area contributed by atoms with Crippen LogP contribution in [0.1, 0.15) is 22.8 Å². The number of benzene rings is 2. The Morgan fingerprint density at radius 1 is 1.09 bits per heavy atom. The molecule has 0 radical (unpaired) electrons. The summed E-state index contributed by atoms with van der Waals surface area (Å²) in [7, 11) is 0. The van der Waals surface area contributed by atoms with Gasteiger partial charge in [-0.15, -0.1) is 0 Å². The van der Waals surface area contributed by atoms with E-state index in [1.807, 2.05) is 18.2 Å². The lowest BCUT2D eigenvalue weighted by molar-refractivity contribution is -0.114. The molecule has 1 heterocycles. The maximum Gasteiger partial charge on any atom is 0.256 e. The minimum absolute atomic E-state index is 0.124. The van der Waals surface area contributed by atoms with E-state index >= 15 is 0 Å². The second-order valence-corrected chi connectivity index (χ2v) is 4.85. The Hall–Kier alpha value is -3.08. The lowest BCUT2D eigenvalue weighted by Crippen LogP contribution is -2.12. The molecule has 5 heteroatoms. The van der Waals surface area contributed by atoms with Crippen LogP contribution in [-0.4, -0.2) is 11.8 Å². The van der Waals surface area contributed by atoms with Gasteiger partial charge in [-0.05, 0) is 30.3 Å². The molecule has 2 aromatic rings. The average molecular weight is 294 g/mol. The van der Waals surface area contributed by atoms with Gasteiger partial charge in [0.2, 0.25) is 5.91 Å². The van der Waals surface area contributed by atoms with Crippen LogP contribution in [0.3, 0.4) is 0 Å². The van der Waals surface area contributed by atoms with Crippen LogP contribution < -0.4 is 15.4 Å². The van der Waals surface area contributed by atoms with Gasteiger partial charge < -0.3 is 15.4 Å². The Morgan fingerprint density at radius 2 is 1.77 bits per heavy atom. The summed E-state index contributed by atoms with van der Waals surface area (Å²) in [6.07, 6.45) is 1.51. The Morgan fingerprint density at radius 3 is 2.45 bits per heavy atom. The molecule has 5 nitrogen and oxygen atoms in total. The summed E-state index contributed by atoms with van der Waals surface area (Å²) in [5, 5.41) is 5.45. The summed E-state index contributed by atoms with van der Waals surface area (Å²) in [5.41, 5.74) is 2.79. The lowest BCUT2D eigenvalue weighted by Gasteiger charge is -2.05. The normalized spacial score (nSPS) is 14.4. The van der Waals surface area contributed by atoms with Crippen LogP contribution in [0, 0.1) is 0 Å². The number of rotatable bonds is 3. The van der Waals surface area contributed by atoms with Crippen LogP contribution >= 0.6 is 0 Å². The van der Waals surface area contributed by atoms with E-state index in [1.54, 1.807) is 30.3 Å². The Bertz CT molecular complexity index is 764. The SMILES string of the molecule is CC(=O)Nc1ccc(O/C=C2\NC(=O)c3ccccc32)cc1. The van der Waals surface area contributed by atoms with E-state index < -0.39 is 0 Å². The molecule has 0 bridgehead atoms. The number of carbonyl (C=O) groups is 2. The van der Waals surface area contributed by atoms with Crippen LogP contribution in [0.15, 0.2) is 54.8 Å². The van der Waals surface area contributed by atoms with E-state index in [1.165, 1.54) is 13.2 Å². The zero-order valence-corrected chi connectivity index (χ0v) is 11.9. The first kappa shape index (κ1) is 13.9. The molecule has 0 spiro atoms. The van der Waals surface area contributed by atoms with Gasteiger partial charge in [-0.25, -0.2) is 0 Å². The second-order valence-electron chi connectivity index (χ2n) is 4.85. The van der Waals surface area contributed by atoms with Crippen molar-refractivity contribution in [2.24, 2.45) is 0 Å². The molecule has 0 unspecified atom stereocenters. The van der Waals surface area contributed by atoms with E-state index in [4.69, 9.17) is 4.74 Å². The molecule has 0 fully saturated rings. The molecular formula is C17H14N2O3. The summed E-state index contributed by atoms with van der Waals surface area (Å²) < 4.78 is 5.57. The number of hydrogen-bond acceptors (Lipinski definition) is 3. The molecular weight excluding hydrogens is 280 g/mol. The predicted molar refractivity (Wildman–Crippen MR) is 83.3 cm³/mol. The summed E-state index contributed by atoms with van der Waals surface area (Å²) in [5.74, 6) is 0.354. The van der Waals surface area contributed by atoms with Crippen LogP contribution in [-0.2, 0) is 4.79 Å². The van der Waals surface area contributed by atoms with Gasteiger partial charge in [-0.1, -0.05) is 18.2 Å². The average Bonchev–Trinajstić information content (AvgIpc) is 2.83. The molecule has 0 saturated carbocycles. The van der Waals surface area contributed by atoms with Gasteiger partial charge in [0.05, 0.1) is 5.70 Å². The summed E-state index contributed by atoms with van der Waals surface area (Å²) in [6.45, 7) is 1.45. The van der Waals surface area contributed by atoms with E-state index in [9.17, 15) is 9.59 Å². The van der Waals surface area contributed by atoms with E-state index in [2.05, 4.69) is 10.6 Å². The summed E-state index contributed by atoms with van der Waals surface area (Å²) in [4.78, 5) is 22.7. The van der Waals surface area contributed by atoms with Crippen molar-refractivity contribution in [2.45, 2.75) is 6.92 Å². The van der Waals surface area contributed by atoms with Crippen molar-refractivity contribution in [2.75, 3.05) is 5.32 Å². The molecule has 1 aliphatic heterocycles. The molecule has 22 heavy (non-hydrogen) atoms. The van der Waals surface area contributed by atoms with Crippen molar-refractivity contribution in [3.05, 3.63) is 65.9 Å². The van der Waals surface area contributed by atoms with Gasteiger partial charge in [-0.3, -0.25) is 9.59 Å². The van der Waals surface area contributed by atoms with Crippen LogP contribution in [0.4, 0.5) is 5.69 Å². The van der Waals surface area contributed by atoms with Gasteiger partial charge in [0, 0.05) is 23.7 Å². The second kappa shape index (κ2) is 5.73. The fourth-order valence-electron chi connectivity index (χ4n) is 2.21. The third kappa shape index (κ3) is 2.83. The number of ether oxygens (including phenoxy) is 1. The minimum Gasteiger partial charge on any atom is -0.463 e. The predicted octanol–water partition coefficient (Wildman–Crippen LogP) is 2.77. The number of nitrogens with one attached hydrogen (secondary N) is 2. The Labute approximate surface area is 127 Å². The van der Waals surface area contributed by atoms with Crippen LogP contribution in [0.2, 0.25) is 0 Å². The quantitative estimate of drug-likeness (QED) is 0.855. The molecule has 110 valence electrons. The van der Waals surface area contributed by atoms with Gasteiger partial charge in [0.1, 0.15) is 12.0 Å². The van der Waals surface area contributed by atoms with Crippen molar-refractivity contribution in [3.63, 3.8) is 0 Å². The first-order valence-corrected chi connectivity index (χ1v) is 6.79. The highest BCUT2D eigenvalue weighted by Crippen LogP contribution is 2.24. The Kier molecular flexibility index (Phi) is 3.62. The fraction of sp³-hybridized carbons (Fsp3) is 0.0588. The van der Waals surface area contributed by atoms with Gasteiger partial charge >= 0.3 is 0 Å². The van der Waals surface area contributed by atoms with Gasteiger partial charge in [0.25, 0.3) is 5.91 Å². The maximum absolute atomic E-state index is 11.8. The third-order valence-corrected chi connectivity index (χ3v) is 3.20. The van der Waals surface area contributed by atoms with Crippen molar-refractivity contribution in [3.8, 4) is 5.75 Å². The first-order valence-electron chi connectivity index (χ1n) is 6.79. The molecule has 3 rings (SSSR count). The highest BCUT2D eigenvalue weighted by Gasteiger charge is 2.22. The van der Waals surface area contributed by atoms with Gasteiger partial charge in [-0.2, -0.15) is 0 Å². The molecule has 0 saturated heterocycles. The Balaban J connectivity index is 1.75. The standard InChI is InChI=1S/C17H14N2O3/c1-11(20)18-12-6-8-13(9-7-12)22-10-16-14-4-2-3-5-15(14)17(21)19-16/h2-10H,1H3,(H,18,20)(H,19,21)/b16-10-. The molecule has 0 aromatic heterocycles. The third-order valence-electron chi connectivity index (χ3n) is 3.20. The maximum atomic E-state index is 11.8. The molecule has 0 atom stereocenters. The number of anilines is 1. The molecule has 0 aliphatic carbocycles. The minimum atomic E-state index is -0.133. The van der Waals surface area contributed by atoms with Crippen molar-refractivity contribution >= 4 is 23.2 Å². The fourth-order valence-corrected chi connectivity index (χ4v) is 2.21. The monoisotopic (exact) mass is 294 g/mol. The number of carbonyl (C=O) groups excluding carboxylic acids is 2. The van der Waals surface area contributed by atoms with Crippen LogP contribution in [0.25, 0.3) is 5.70 Å². The molecule has 1 aliphatic rings. The highest BCUT2D eigenvalue weighted by atomic mass is 16.5. The molecule has 2 amide bonds. The number of amides is 2. The summed E-state index contributed by atoms with van der Waals surface area (Å²) in [6, 6.07) is 14.3. The van der Waals surface area contributed by atoms with E-state index in [0.717, 1.165) is 5.56 Å². The van der Waals surface area contributed by atoms with Gasteiger partial charge in [0.15, 0.2) is 0 Å². The number of hydrogen-bond donors (Lipinski definition) is 2. The summed E-state index contributed by atoms with van der Waals surface area (Å²) >= 11 is 0. The smallest absolute Gasteiger partial charge is 0.256 e. The van der Waals surface area contributed by atoms with Crippen molar-refractivity contribution in [1.82, 2.24) is 5.32 Å². The topological polar surface area (TPSA) is 67.4 Å². The highest BCUT2D eigenvalue weighted by molar-refractivity contribution is 6.09. The lowest BCUT2D eigenvalue weighted by atomic mass is 10.1. The van der Waals surface area contributed by atoms with E-state index in [-0.39, 0.29) is 11.8 Å². The van der Waals surface area contributed by atoms with Crippen molar-refractivity contribution < 1.29 is 14.3 Å². The molecule has 2 aromatic carbocycles. The first-order chi connectivity index (χ1) is 10.6. The number of fused-ring (bicyclic) bond motifs is 1. The van der Waals surface area contributed by atoms with Crippen molar-refractivity contribution in [1.29, 1.82) is 0 Å². The zero-order chi connectivity index (χ0) is 15.5.